The summed E-state index contributed by atoms with van der Waals surface area (Å²) in [4.78, 5) is 28.7. The number of halogens is 4. The summed E-state index contributed by atoms with van der Waals surface area (Å²) in [7, 11) is 0. The number of amides is 3. The second kappa shape index (κ2) is 10.5. The van der Waals surface area contributed by atoms with E-state index in [1.54, 1.807) is 46.2 Å². The minimum Gasteiger partial charge on any atom is -0.388 e. The molecule has 0 unspecified atom stereocenters. The molecule has 32 heavy (non-hydrogen) atoms. The molecule has 0 bridgehead atoms. The van der Waals surface area contributed by atoms with Crippen LogP contribution in [0.2, 0.25) is 20.1 Å². The van der Waals surface area contributed by atoms with Crippen LogP contribution in [0.1, 0.15) is 30.1 Å². The van der Waals surface area contributed by atoms with Crippen molar-refractivity contribution in [3.8, 4) is 0 Å². The molecular weight excluding hydrogens is 496 g/mol. The SMILES string of the molecule is CCN(CC1(O)CCN(C(=O)Nc2cc(Cl)cc(Cl)c2)CC1)C(=O)c1cccc(Cl)c1Cl. The minimum atomic E-state index is -1.12. The molecule has 1 heterocycles. The van der Waals surface area contributed by atoms with Crippen LogP contribution in [-0.2, 0) is 0 Å². The number of likely N-dealkylation sites (tertiary alicyclic amines) is 1. The van der Waals surface area contributed by atoms with Crippen LogP contribution < -0.4 is 5.32 Å². The summed E-state index contributed by atoms with van der Waals surface area (Å²) >= 11 is 24.2. The quantitative estimate of drug-likeness (QED) is 0.523. The van der Waals surface area contributed by atoms with E-state index in [0.717, 1.165) is 0 Å². The lowest BCUT2D eigenvalue weighted by molar-refractivity contribution is -0.0323. The molecule has 0 radical (unpaired) electrons. The van der Waals surface area contributed by atoms with Gasteiger partial charge in [0.05, 0.1) is 21.2 Å². The number of nitrogens with zero attached hydrogens (tertiary/aromatic N) is 2. The van der Waals surface area contributed by atoms with Gasteiger partial charge in [-0.1, -0.05) is 52.5 Å². The number of likely N-dealkylation sites (N-methyl/N-ethyl adjacent to an activating group) is 1. The molecule has 0 aliphatic carbocycles. The van der Waals surface area contributed by atoms with E-state index >= 15 is 0 Å². The Morgan fingerprint density at radius 1 is 1.09 bits per heavy atom. The third-order valence-electron chi connectivity index (χ3n) is 5.43. The van der Waals surface area contributed by atoms with Gasteiger partial charge in [-0.3, -0.25) is 4.79 Å². The summed E-state index contributed by atoms with van der Waals surface area (Å²) in [6.45, 7) is 3.02. The molecule has 3 rings (SSSR count). The van der Waals surface area contributed by atoms with Crippen molar-refractivity contribution >= 4 is 64.0 Å². The Hall–Kier alpha value is -1.70. The molecule has 0 atom stereocenters. The maximum atomic E-state index is 13.0. The fourth-order valence-electron chi connectivity index (χ4n) is 3.63. The van der Waals surface area contributed by atoms with Gasteiger partial charge in [0.15, 0.2) is 0 Å². The van der Waals surface area contributed by atoms with Gasteiger partial charge in [0, 0.05) is 41.9 Å². The van der Waals surface area contributed by atoms with E-state index in [4.69, 9.17) is 46.4 Å². The van der Waals surface area contributed by atoms with Crippen molar-refractivity contribution in [1.29, 1.82) is 0 Å². The van der Waals surface area contributed by atoms with E-state index in [9.17, 15) is 14.7 Å². The van der Waals surface area contributed by atoms with Gasteiger partial charge in [-0.2, -0.15) is 0 Å². The normalized spacial score (nSPS) is 15.4. The maximum Gasteiger partial charge on any atom is 0.321 e. The number of hydrogen-bond donors (Lipinski definition) is 2. The first kappa shape index (κ1) is 24.9. The summed E-state index contributed by atoms with van der Waals surface area (Å²) < 4.78 is 0. The van der Waals surface area contributed by atoms with E-state index in [2.05, 4.69) is 5.32 Å². The molecule has 1 aliphatic heterocycles. The van der Waals surface area contributed by atoms with Crippen molar-refractivity contribution in [3.63, 3.8) is 0 Å². The van der Waals surface area contributed by atoms with Gasteiger partial charge in [-0.25, -0.2) is 4.79 Å². The molecule has 1 saturated heterocycles. The molecule has 0 saturated carbocycles. The zero-order valence-corrected chi connectivity index (χ0v) is 20.4. The number of rotatable bonds is 5. The minimum absolute atomic E-state index is 0.129. The van der Waals surface area contributed by atoms with Crippen molar-refractivity contribution < 1.29 is 14.7 Å². The Balaban J connectivity index is 1.61. The van der Waals surface area contributed by atoms with Crippen molar-refractivity contribution in [2.75, 3.05) is 31.5 Å². The molecule has 6 nitrogen and oxygen atoms in total. The number of nitrogens with one attached hydrogen (secondary N) is 1. The summed E-state index contributed by atoms with van der Waals surface area (Å²) in [6, 6.07) is 9.38. The Morgan fingerprint density at radius 2 is 1.72 bits per heavy atom. The number of urea groups is 1. The van der Waals surface area contributed by atoms with E-state index in [0.29, 0.717) is 58.8 Å². The number of hydrogen-bond acceptors (Lipinski definition) is 3. The highest BCUT2D eigenvalue weighted by atomic mass is 35.5. The standard InChI is InChI=1S/C22H23Cl4N3O3/c1-2-28(20(30)17-4-3-5-18(25)19(17)26)13-22(32)6-8-29(9-7-22)21(31)27-16-11-14(23)10-15(24)12-16/h3-5,10-12,32H,2,6-9,13H2,1H3,(H,27,31). The zero-order chi connectivity index (χ0) is 23.5. The summed E-state index contributed by atoms with van der Waals surface area (Å²) in [5, 5.41) is 15.2. The number of carbonyl (C=O) groups excluding carboxylic acids is 2. The highest BCUT2D eigenvalue weighted by Crippen LogP contribution is 2.29. The molecule has 1 fully saturated rings. The highest BCUT2D eigenvalue weighted by molar-refractivity contribution is 6.43. The molecule has 10 heteroatoms. The lowest BCUT2D eigenvalue weighted by atomic mass is 9.90. The van der Waals surface area contributed by atoms with Crippen LogP contribution >= 0.6 is 46.4 Å². The third kappa shape index (κ3) is 6.00. The van der Waals surface area contributed by atoms with Crippen molar-refractivity contribution in [2.24, 2.45) is 0 Å². The fourth-order valence-corrected chi connectivity index (χ4v) is 4.54. The number of carbonyl (C=O) groups is 2. The van der Waals surface area contributed by atoms with Gasteiger partial charge < -0.3 is 20.2 Å². The van der Waals surface area contributed by atoms with Crippen molar-refractivity contribution in [3.05, 3.63) is 62.1 Å². The smallest absolute Gasteiger partial charge is 0.321 e. The third-order valence-corrected chi connectivity index (χ3v) is 6.69. The van der Waals surface area contributed by atoms with Crippen LogP contribution in [0.5, 0.6) is 0 Å². The van der Waals surface area contributed by atoms with Gasteiger partial charge >= 0.3 is 6.03 Å². The largest absolute Gasteiger partial charge is 0.388 e. The van der Waals surface area contributed by atoms with E-state index in [-0.39, 0.29) is 23.5 Å². The molecule has 1 aliphatic rings. The molecule has 2 aromatic carbocycles. The van der Waals surface area contributed by atoms with Crippen LogP contribution in [0.4, 0.5) is 10.5 Å². The average Bonchev–Trinajstić information content (AvgIpc) is 2.73. The lowest BCUT2D eigenvalue weighted by Gasteiger charge is -2.40. The number of benzene rings is 2. The predicted molar refractivity (Wildman–Crippen MR) is 129 cm³/mol. The van der Waals surface area contributed by atoms with E-state index in [1.165, 1.54) is 0 Å². The topological polar surface area (TPSA) is 72.9 Å². The molecular formula is C22H23Cl4N3O3. The van der Waals surface area contributed by atoms with Gasteiger partial charge in [-0.15, -0.1) is 0 Å². The molecule has 2 aromatic rings. The Labute approximate surface area is 207 Å². The summed E-state index contributed by atoms with van der Waals surface area (Å²) in [5.41, 5.74) is -0.330. The lowest BCUT2D eigenvalue weighted by Crippen LogP contribution is -2.53. The Bertz CT molecular complexity index is 990. The van der Waals surface area contributed by atoms with E-state index in [1.807, 2.05) is 6.92 Å². The monoisotopic (exact) mass is 517 g/mol. The first-order chi connectivity index (χ1) is 15.1. The van der Waals surface area contributed by atoms with Crippen molar-refractivity contribution in [2.45, 2.75) is 25.4 Å². The van der Waals surface area contributed by atoms with Gasteiger partial charge in [-0.05, 0) is 50.1 Å². The number of piperidine rings is 1. The highest BCUT2D eigenvalue weighted by Gasteiger charge is 2.37. The Morgan fingerprint density at radius 3 is 2.31 bits per heavy atom. The first-order valence-corrected chi connectivity index (χ1v) is 11.6. The fraction of sp³-hybridized carbons (Fsp3) is 0.364. The predicted octanol–water partition coefficient (Wildman–Crippen LogP) is 5.82. The maximum absolute atomic E-state index is 13.0. The molecule has 3 amide bonds. The average molecular weight is 519 g/mol. The van der Waals surface area contributed by atoms with Crippen LogP contribution in [0.25, 0.3) is 0 Å². The molecule has 0 spiro atoms. The van der Waals surface area contributed by atoms with Crippen LogP contribution in [0.3, 0.4) is 0 Å². The van der Waals surface area contributed by atoms with Crippen LogP contribution in [0.15, 0.2) is 36.4 Å². The number of aliphatic hydroxyl groups is 1. The van der Waals surface area contributed by atoms with Crippen LogP contribution in [-0.4, -0.2) is 58.6 Å². The zero-order valence-electron chi connectivity index (χ0n) is 17.4. The van der Waals surface area contributed by atoms with Crippen molar-refractivity contribution in [1.82, 2.24) is 9.80 Å². The summed E-state index contributed by atoms with van der Waals surface area (Å²) in [5.74, 6) is -0.300. The second-order valence-electron chi connectivity index (χ2n) is 7.72. The molecule has 0 aromatic heterocycles. The van der Waals surface area contributed by atoms with E-state index < -0.39 is 5.60 Å². The van der Waals surface area contributed by atoms with Gasteiger partial charge in [0.25, 0.3) is 5.91 Å². The Kier molecular flexibility index (Phi) is 8.17. The van der Waals surface area contributed by atoms with Gasteiger partial charge in [0.2, 0.25) is 0 Å². The van der Waals surface area contributed by atoms with Crippen LogP contribution in [0, 0.1) is 0 Å². The number of anilines is 1. The molecule has 2 N–H and O–H groups in total. The van der Waals surface area contributed by atoms with Gasteiger partial charge in [0.1, 0.15) is 0 Å². The molecule has 172 valence electrons. The second-order valence-corrected chi connectivity index (χ2v) is 9.38. The summed E-state index contributed by atoms with van der Waals surface area (Å²) in [6.07, 6.45) is 0.646. The first-order valence-electron chi connectivity index (χ1n) is 10.1.